The van der Waals surface area contributed by atoms with E-state index in [0.29, 0.717) is 13.2 Å². The summed E-state index contributed by atoms with van der Waals surface area (Å²) in [7, 11) is 1.35. The molecule has 9 heteroatoms. The fourth-order valence-electron chi connectivity index (χ4n) is 2.08. The van der Waals surface area contributed by atoms with E-state index in [9.17, 15) is 20.1 Å². The molecule has 0 aliphatic carbocycles. The lowest BCUT2D eigenvalue weighted by molar-refractivity contribution is -0.301. The van der Waals surface area contributed by atoms with Crippen molar-refractivity contribution in [1.29, 1.82) is 0 Å². The van der Waals surface area contributed by atoms with E-state index in [4.69, 9.17) is 18.9 Å². The summed E-state index contributed by atoms with van der Waals surface area (Å²) in [6, 6.07) is 0. The van der Waals surface area contributed by atoms with Crippen LogP contribution in [0.15, 0.2) is 0 Å². The second kappa shape index (κ2) is 10.7. The minimum atomic E-state index is -1.39. The third-order valence-electron chi connectivity index (χ3n) is 3.42. The summed E-state index contributed by atoms with van der Waals surface area (Å²) in [6.45, 7) is 2.65. The third-order valence-corrected chi connectivity index (χ3v) is 3.42. The van der Waals surface area contributed by atoms with Crippen LogP contribution in [-0.2, 0) is 18.9 Å². The summed E-state index contributed by atoms with van der Waals surface area (Å²) in [5.74, 6) is 0. The van der Waals surface area contributed by atoms with Crippen molar-refractivity contribution in [3.05, 3.63) is 0 Å². The topological polar surface area (TPSA) is 127 Å². The molecule has 23 heavy (non-hydrogen) atoms. The number of carbonyl (C=O) groups is 1. The quantitative estimate of drug-likeness (QED) is 0.394. The van der Waals surface area contributed by atoms with E-state index >= 15 is 0 Å². The van der Waals surface area contributed by atoms with Crippen molar-refractivity contribution in [2.45, 2.75) is 50.5 Å². The first-order valence-electron chi connectivity index (χ1n) is 7.75. The predicted molar refractivity (Wildman–Crippen MR) is 78.8 cm³/mol. The van der Waals surface area contributed by atoms with Crippen LogP contribution >= 0.6 is 0 Å². The normalized spacial score (nSPS) is 30.9. The molecule has 0 bridgehead atoms. The second-order valence-corrected chi connectivity index (χ2v) is 5.16. The zero-order valence-electron chi connectivity index (χ0n) is 13.5. The Bertz CT molecular complexity index is 343. The van der Waals surface area contributed by atoms with Crippen LogP contribution in [0.5, 0.6) is 0 Å². The molecule has 1 fully saturated rings. The van der Waals surface area contributed by atoms with Crippen molar-refractivity contribution >= 4 is 6.09 Å². The van der Waals surface area contributed by atoms with Gasteiger partial charge in [-0.3, -0.25) is 0 Å². The van der Waals surface area contributed by atoms with Crippen molar-refractivity contribution in [3.8, 4) is 0 Å². The van der Waals surface area contributed by atoms with Gasteiger partial charge in [0.15, 0.2) is 12.4 Å². The molecule has 0 spiro atoms. The molecule has 0 saturated carbocycles. The molecule has 1 rings (SSSR count). The van der Waals surface area contributed by atoms with E-state index in [0.717, 1.165) is 12.8 Å². The highest BCUT2D eigenvalue weighted by Gasteiger charge is 2.47. The van der Waals surface area contributed by atoms with E-state index in [1.54, 1.807) is 0 Å². The van der Waals surface area contributed by atoms with Crippen LogP contribution in [0.3, 0.4) is 0 Å². The molecule has 5 atom stereocenters. The fourth-order valence-corrected chi connectivity index (χ4v) is 2.08. The summed E-state index contributed by atoms with van der Waals surface area (Å²) in [5.41, 5.74) is 0. The molecule has 1 aliphatic rings. The van der Waals surface area contributed by atoms with Crippen LogP contribution in [0.2, 0.25) is 0 Å². The molecule has 1 heterocycles. The number of aliphatic hydroxyl groups excluding tert-OH is 3. The highest BCUT2D eigenvalue weighted by Crippen LogP contribution is 2.24. The number of amides is 1. The summed E-state index contributed by atoms with van der Waals surface area (Å²) in [4.78, 5) is 11.3. The largest absolute Gasteiger partial charge is 0.440 e. The Morgan fingerprint density at radius 1 is 1.22 bits per heavy atom. The van der Waals surface area contributed by atoms with Crippen molar-refractivity contribution < 1.29 is 39.1 Å². The Hall–Kier alpha value is -0.970. The monoisotopic (exact) mass is 337 g/mol. The Morgan fingerprint density at radius 2 is 1.96 bits per heavy atom. The first-order valence-corrected chi connectivity index (χ1v) is 7.75. The van der Waals surface area contributed by atoms with Crippen molar-refractivity contribution in [2.24, 2.45) is 0 Å². The zero-order chi connectivity index (χ0) is 17.2. The number of unbranched alkanes of at least 4 members (excludes halogenated alkanes) is 1. The number of alkyl carbamates (subject to hydrolysis) is 1. The van der Waals surface area contributed by atoms with Gasteiger partial charge in [-0.05, 0) is 6.42 Å². The fraction of sp³-hybridized carbons (Fsp3) is 0.929. The number of aliphatic hydroxyl groups is 3. The molecule has 1 unspecified atom stereocenters. The van der Waals surface area contributed by atoms with Gasteiger partial charge in [0.25, 0.3) is 0 Å². The lowest BCUT2D eigenvalue weighted by atomic mass is 9.99. The average Bonchev–Trinajstić information content (AvgIpc) is 2.56. The lowest BCUT2D eigenvalue weighted by Gasteiger charge is -2.41. The molecule has 136 valence electrons. The Balaban J connectivity index is 2.52. The minimum Gasteiger partial charge on any atom is -0.440 e. The first kappa shape index (κ1) is 20.1. The number of rotatable bonds is 9. The molecule has 1 aliphatic heterocycles. The van der Waals surface area contributed by atoms with Gasteiger partial charge in [0.2, 0.25) is 0 Å². The van der Waals surface area contributed by atoms with Crippen LogP contribution in [0, 0.1) is 0 Å². The zero-order valence-corrected chi connectivity index (χ0v) is 13.5. The molecule has 0 aromatic carbocycles. The lowest BCUT2D eigenvalue weighted by Crippen LogP contribution is -2.61. The molecule has 9 nitrogen and oxygen atoms in total. The van der Waals surface area contributed by atoms with Gasteiger partial charge in [-0.15, -0.1) is 0 Å². The number of hydrogen-bond donors (Lipinski definition) is 4. The Morgan fingerprint density at radius 3 is 2.57 bits per heavy atom. The van der Waals surface area contributed by atoms with Crippen molar-refractivity contribution in [3.63, 3.8) is 0 Å². The SMILES string of the molecule is CCCCOCCOC1O[C@H](CO)[C@@H](O)[C@H](OC(=O)NC)[C@@H]1O. The third kappa shape index (κ3) is 6.21. The molecular formula is C14H27NO8. The second-order valence-electron chi connectivity index (χ2n) is 5.16. The van der Waals surface area contributed by atoms with Crippen LogP contribution in [0.1, 0.15) is 19.8 Å². The number of hydrogen-bond acceptors (Lipinski definition) is 8. The molecular weight excluding hydrogens is 310 g/mol. The van der Waals surface area contributed by atoms with E-state index in [-0.39, 0.29) is 6.61 Å². The number of carbonyl (C=O) groups excluding carboxylic acids is 1. The molecule has 0 aromatic rings. The van der Waals surface area contributed by atoms with Crippen LogP contribution in [-0.4, -0.2) is 85.6 Å². The molecule has 4 N–H and O–H groups in total. The van der Waals surface area contributed by atoms with Crippen LogP contribution < -0.4 is 5.32 Å². The summed E-state index contributed by atoms with van der Waals surface area (Å²) in [5, 5.41) is 31.6. The minimum absolute atomic E-state index is 0.159. The molecule has 1 saturated heterocycles. The van der Waals surface area contributed by atoms with Gasteiger partial charge in [0, 0.05) is 13.7 Å². The maximum absolute atomic E-state index is 11.3. The average molecular weight is 337 g/mol. The summed E-state index contributed by atoms with van der Waals surface area (Å²) in [6.07, 6.45) is -5.03. The van der Waals surface area contributed by atoms with Gasteiger partial charge < -0.3 is 39.6 Å². The highest BCUT2D eigenvalue weighted by molar-refractivity contribution is 5.67. The van der Waals surface area contributed by atoms with Crippen LogP contribution in [0.4, 0.5) is 4.79 Å². The van der Waals surface area contributed by atoms with Gasteiger partial charge in [0.05, 0.1) is 19.8 Å². The Kier molecular flexibility index (Phi) is 9.37. The van der Waals surface area contributed by atoms with Gasteiger partial charge in [-0.25, -0.2) is 4.79 Å². The number of nitrogens with one attached hydrogen (secondary N) is 1. The number of ether oxygens (including phenoxy) is 4. The van der Waals surface area contributed by atoms with Crippen molar-refractivity contribution in [1.82, 2.24) is 5.32 Å². The first-order chi connectivity index (χ1) is 11.0. The molecule has 0 radical (unpaired) electrons. The van der Waals surface area contributed by atoms with E-state index in [1.807, 2.05) is 0 Å². The summed E-state index contributed by atoms with van der Waals surface area (Å²) < 4.78 is 20.9. The van der Waals surface area contributed by atoms with Gasteiger partial charge in [-0.2, -0.15) is 0 Å². The van der Waals surface area contributed by atoms with E-state index < -0.39 is 43.4 Å². The highest BCUT2D eigenvalue weighted by atomic mass is 16.7. The van der Waals surface area contributed by atoms with E-state index in [2.05, 4.69) is 12.2 Å². The van der Waals surface area contributed by atoms with Crippen LogP contribution in [0.25, 0.3) is 0 Å². The standard InChI is InChI=1S/C14H27NO8/c1-3-4-5-20-6-7-21-13-11(18)12(23-14(19)15-2)10(17)9(8-16)22-13/h9-13,16-18H,3-8H2,1-2H3,(H,15,19)/t9-,10-,11+,12+,13?/m1/s1. The molecule has 1 amide bonds. The van der Waals surface area contributed by atoms with Gasteiger partial charge >= 0.3 is 6.09 Å². The van der Waals surface area contributed by atoms with Gasteiger partial charge in [0.1, 0.15) is 18.3 Å². The maximum atomic E-state index is 11.3. The van der Waals surface area contributed by atoms with Gasteiger partial charge in [-0.1, -0.05) is 13.3 Å². The smallest absolute Gasteiger partial charge is 0.407 e. The Labute approximate surface area is 135 Å². The molecule has 0 aromatic heterocycles. The van der Waals surface area contributed by atoms with E-state index in [1.165, 1.54) is 7.05 Å². The predicted octanol–water partition coefficient (Wildman–Crippen LogP) is -1.02. The maximum Gasteiger partial charge on any atom is 0.407 e. The van der Waals surface area contributed by atoms with Crippen molar-refractivity contribution in [2.75, 3.05) is 33.5 Å². The summed E-state index contributed by atoms with van der Waals surface area (Å²) >= 11 is 0.